The van der Waals surface area contributed by atoms with E-state index < -0.39 is 17.7 Å². The monoisotopic (exact) mass is 468 g/mol. The number of likely N-dealkylation sites (tertiary alicyclic amines) is 1. The second kappa shape index (κ2) is 10.6. The molecule has 0 spiro atoms. The van der Waals surface area contributed by atoms with Gasteiger partial charge in [-0.25, -0.2) is 0 Å². The summed E-state index contributed by atoms with van der Waals surface area (Å²) >= 11 is 0. The maximum atomic E-state index is 13.1. The molecule has 182 valence electrons. The first-order valence-electron chi connectivity index (χ1n) is 11.2. The van der Waals surface area contributed by atoms with Crippen LogP contribution in [0.1, 0.15) is 36.1 Å². The SMILES string of the molecule is CCOc1ccc(/C(O)=C2/C(=O)C(=O)N(CCCN(C)C)C2c2ccc(OC)c(O)c2)cc1C. The van der Waals surface area contributed by atoms with Crippen LogP contribution in [-0.2, 0) is 9.59 Å². The molecule has 2 N–H and O–H groups in total. The summed E-state index contributed by atoms with van der Waals surface area (Å²) in [6.45, 7) is 5.28. The number of phenolic OH excluding ortho intramolecular Hbond substituents is 1. The minimum Gasteiger partial charge on any atom is -0.507 e. The Morgan fingerprint density at radius 3 is 2.41 bits per heavy atom. The number of rotatable bonds is 9. The highest BCUT2D eigenvalue weighted by Gasteiger charge is 2.46. The second-order valence-electron chi connectivity index (χ2n) is 8.49. The van der Waals surface area contributed by atoms with Crippen molar-refractivity contribution in [2.45, 2.75) is 26.3 Å². The van der Waals surface area contributed by atoms with Crippen molar-refractivity contribution in [3.05, 3.63) is 58.7 Å². The molecule has 1 saturated heterocycles. The number of phenols is 1. The van der Waals surface area contributed by atoms with Crippen LogP contribution in [0.25, 0.3) is 5.76 Å². The van der Waals surface area contributed by atoms with Gasteiger partial charge in [0.25, 0.3) is 11.7 Å². The first kappa shape index (κ1) is 25.1. The van der Waals surface area contributed by atoms with Gasteiger partial charge >= 0.3 is 0 Å². The van der Waals surface area contributed by atoms with E-state index in [1.54, 1.807) is 30.3 Å². The molecule has 1 heterocycles. The van der Waals surface area contributed by atoms with Crippen LogP contribution in [0.15, 0.2) is 42.0 Å². The third-order valence-electron chi connectivity index (χ3n) is 5.81. The number of aryl methyl sites for hydroxylation is 1. The van der Waals surface area contributed by atoms with E-state index in [-0.39, 0.29) is 22.8 Å². The Hall–Kier alpha value is -3.52. The normalized spacial score (nSPS) is 17.5. The maximum Gasteiger partial charge on any atom is 0.295 e. The molecule has 0 aliphatic carbocycles. The number of Topliss-reactive ketones (excluding diaryl/α,β-unsaturated/α-hetero) is 1. The van der Waals surface area contributed by atoms with E-state index in [0.29, 0.717) is 36.4 Å². The molecule has 2 aromatic rings. The van der Waals surface area contributed by atoms with E-state index in [2.05, 4.69) is 0 Å². The molecule has 1 fully saturated rings. The maximum absolute atomic E-state index is 13.1. The molecule has 0 bridgehead atoms. The number of carbonyl (C=O) groups is 2. The lowest BCUT2D eigenvalue weighted by Crippen LogP contribution is -2.32. The number of methoxy groups -OCH3 is 1. The van der Waals surface area contributed by atoms with Gasteiger partial charge in [-0.15, -0.1) is 0 Å². The summed E-state index contributed by atoms with van der Waals surface area (Å²) in [4.78, 5) is 29.6. The molecule has 1 amide bonds. The van der Waals surface area contributed by atoms with Crippen LogP contribution in [-0.4, -0.2) is 72.6 Å². The van der Waals surface area contributed by atoms with Crippen molar-refractivity contribution in [3.63, 3.8) is 0 Å². The van der Waals surface area contributed by atoms with Gasteiger partial charge in [0.15, 0.2) is 11.5 Å². The van der Waals surface area contributed by atoms with Crippen molar-refractivity contribution in [2.24, 2.45) is 0 Å². The molecule has 0 radical (unpaired) electrons. The van der Waals surface area contributed by atoms with Crippen molar-refractivity contribution in [1.82, 2.24) is 9.80 Å². The third-order valence-corrected chi connectivity index (χ3v) is 5.81. The summed E-state index contributed by atoms with van der Waals surface area (Å²) in [7, 11) is 5.30. The van der Waals surface area contributed by atoms with Crippen LogP contribution in [0.3, 0.4) is 0 Å². The molecule has 1 unspecified atom stereocenters. The highest BCUT2D eigenvalue weighted by atomic mass is 16.5. The van der Waals surface area contributed by atoms with E-state index >= 15 is 0 Å². The Balaban J connectivity index is 2.12. The fraction of sp³-hybridized carbons (Fsp3) is 0.385. The van der Waals surface area contributed by atoms with E-state index in [4.69, 9.17) is 9.47 Å². The van der Waals surface area contributed by atoms with Gasteiger partial charge in [0.05, 0.1) is 25.3 Å². The summed E-state index contributed by atoms with van der Waals surface area (Å²) in [6, 6.07) is 9.00. The number of aliphatic hydroxyl groups excluding tert-OH is 1. The number of nitrogens with zero attached hydrogens (tertiary/aromatic N) is 2. The number of hydrogen-bond donors (Lipinski definition) is 2. The summed E-state index contributed by atoms with van der Waals surface area (Å²) < 4.78 is 10.7. The zero-order valence-electron chi connectivity index (χ0n) is 20.3. The largest absolute Gasteiger partial charge is 0.507 e. The second-order valence-corrected chi connectivity index (χ2v) is 8.49. The van der Waals surface area contributed by atoms with Crippen LogP contribution in [0.2, 0.25) is 0 Å². The van der Waals surface area contributed by atoms with Crippen LogP contribution < -0.4 is 9.47 Å². The Bertz CT molecular complexity index is 1110. The lowest BCUT2D eigenvalue weighted by Gasteiger charge is -2.26. The van der Waals surface area contributed by atoms with Crippen LogP contribution in [0, 0.1) is 6.92 Å². The van der Waals surface area contributed by atoms with Gasteiger partial charge in [-0.1, -0.05) is 6.07 Å². The van der Waals surface area contributed by atoms with Crippen LogP contribution >= 0.6 is 0 Å². The van der Waals surface area contributed by atoms with E-state index in [9.17, 15) is 19.8 Å². The van der Waals surface area contributed by atoms with Gasteiger partial charge in [0.2, 0.25) is 0 Å². The predicted octanol–water partition coefficient (Wildman–Crippen LogP) is 3.48. The Labute approximate surface area is 200 Å². The molecule has 8 heteroatoms. The first-order valence-corrected chi connectivity index (χ1v) is 11.2. The number of ketones is 1. The van der Waals surface area contributed by atoms with Crippen molar-refractivity contribution >= 4 is 17.4 Å². The minimum absolute atomic E-state index is 0.0111. The number of ether oxygens (including phenoxy) is 2. The van der Waals surface area contributed by atoms with E-state index in [1.165, 1.54) is 18.1 Å². The first-order chi connectivity index (χ1) is 16.2. The standard InChI is InChI=1S/C26H32N2O6/c1-6-34-20-10-9-18(14-16(20)2)24(30)22-23(17-8-11-21(33-5)19(29)15-17)28(26(32)25(22)31)13-7-12-27(3)4/h8-11,14-15,23,29-30H,6-7,12-13H2,1-5H3/b24-22-. The Kier molecular flexibility index (Phi) is 7.83. The smallest absolute Gasteiger partial charge is 0.295 e. The topological polar surface area (TPSA) is 99.5 Å². The number of benzene rings is 2. The van der Waals surface area contributed by atoms with Gasteiger partial charge in [0, 0.05) is 12.1 Å². The fourth-order valence-electron chi connectivity index (χ4n) is 4.16. The highest BCUT2D eigenvalue weighted by Crippen LogP contribution is 2.42. The lowest BCUT2D eigenvalue weighted by atomic mass is 9.94. The van der Waals surface area contributed by atoms with Gasteiger partial charge in [0.1, 0.15) is 11.5 Å². The van der Waals surface area contributed by atoms with E-state index in [0.717, 1.165) is 12.1 Å². The fourth-order valence-corrected chi connectivity index (χ4v) is 4.16. The van der Waals surface area contributed by atoms with Gasteiger partial charge in [-0.05, 0) is 82.4 Å². The third kappa shape index (κ3) is 5.02. The number of carbonyl (C=O) groups excluding carboxylic acids is 2. The van der Waals surface area contributed by atoms with E-state index in [1.807, 2.05) is 32.8 Å². The molecule has 2 aromatic carbocycles. The van der Waals surface area contributed by atoms with Gasteiger partial charge < -0.3 is 29.5 Å². The van der Waals surface area contributed by atoms with Crippen LogP contribution in [0.5, 0.6) is 17.2 Å². The lowest BCUT2D eigenvalue weighted by molar-refractivity contribution is -0.139. The van der Waals surface area contributed by atoms with Crippen molar-refractivity contribution in [2.75, 3.05) is 40.9 Å². The molecule has 3 rings (SSSR count). The van der Waals surface area contributed by atoms with Gasteiger partial charge in [-0.2, -0.15) is 0 Å². The summed E-state index contributed by atoms with van der Waals surface area (Å²) in [6.07, 6.45) is 0.640. The molecule has 8 nitrogen and oxygen atoms in total. The molecular weight excluding hydrogens is 436 g/mol. The van der Waals surface area contributed by atoms with Crippen molar-refractivity contribution in [1.29, 1.82) is 0 Å². The molecule has 1 aliphatic heterocycles. The number of aromatic hydroxyl groups is 1. The average molecular weight is 469 g/mol. The van der Waals surface area contributed by atoms with Crippen LogP contribution in [0.4, 0.5) is 0 Å². The zero-order chi connectivity index (χ0) is 25.0. The molecule has 0 aromatic heterocycles. The minimum atomic E-state index is -0.842. The highest BCUT2D eigenvalue weighted by molar-refractivity contribution is 6.46. The predicted molar refractivity (Wildman–Crippen MR) is 129 cm³/mol. The zero-order valence-corrected chi connectivity index (χ0v) is 20.3. The molecule has 34 heavy (non-hydrogen) atoms. The molecule has 0 saturated carbocycles. The number of aliphatic hydroxyl groups is 1. The Morgan fingerprint density at radius 1 is 1.12 bits per heavy atom. The molecule has 1 atom stereocenters. The summed E-state index contributed by atoms with van der Waals surface area (Å²) in [5.41, 5.74) is 1.70. The quantitative estimate of drug-likeness (QED) is 0.330. The number of amides is 1. The summed E-state index contributed by atoms with van der Waals surface area (Å²) in [5.74, 6) is -0.858. The van der Waals surface area contributed by atoms with Gasteiger partial charge in [-0.3, -0.25) is 9.59 Å². The van der Waals surface area contributed by atoms with Crippen molar-refractivity contribution in [3.8, 4) is 17.2 Å². The van der Waals surface area contributed by atoms with Crippen molar-refractivity contribution < 1.29 is 29.3 Å². The number of hydrogen-bond acceptors (Lipinski definition) is 7. The average Bonchev–Trinajstić information content (AvgIpc) is 3.04. The molecular formula is C26H32N2O6. The molecule has 1 aliphatic rings. The Morgan fingerprint density at radius 2 is 1.82 bits per heavy atom. The summed E-state index contributed by atoms with van der Waals surface area (Å²) in [5, 5.41) is 21.6.